The summed E-state index contributed by atoms with van der Waals surface area (Å²) in [5.41, 5.74) is 7.83. The maximum absolute atomic E-state index is 5.73. The summed E-state index contributed by atoms with van der Waals surface area (Å²) in [5.74, 6) is 1.70. The second kappa shape index (κ2) is 4.74. The van der Waals surface area contributed by atoms with Gasteiger partial charge in [-0.2, -0.15) is 0 Å². The van der Waals surface area contributed by atoms with E-state index in [9.17, 15) is 0 Å². The van der Waals surface area contributed by atoms with Crippen LogP contribution in [-0.2, 0) is 12.0 Å². The standard InChI is InChI=1S/C13H21NO2/c1-13(2,3)11-7-10(15-4)6-9(8-14)12(11)16-5/h6-7H,8,14H2,1-5H3. The molecule has 1 rings (SSSR count). The quantitative estimate of drug-likeness (QED) is 0.856. The molecule has 1 aromatic rings. The average Bonchev–Trinajstić information content (AvgIpc) is 2.25. The largest absolute Gasteiger partial charge is 0.497 e. The number of methoxy groups -OCH3 is 2. The molecule has 0 aliphatic carbocycles. The summed E-state index contributed by atoms with van der Waals surface area (Å²) in [6.07, 6.45) is 0. The van der Waals surface area contributed by atoms with Crippen LogP contribution >= 0.6 is 0 Å². The molecule has 3 nitrogen and oxygen atoms in total. The van der Waals surface area contributed by atoms with E-state index in [0.717, 1.165) is 22.6 Å². The molecule has 0 heterocycles. The van der Waals surface area contributed by atoms with Gasteiger partial charge in [0.2, 0.25) is 0 Å². The van der Waals surface area contributed by atoms with Crippen LogP contribution in [0.3, 0.4) is 0 Å². The third kappa shape index (κ3) is 2.47. The molecule has 90 valence electrons. The average molecular weight is 223 g/mol. The molecule has 0 fully saturated rings. The fourth-order valence-electron chi connectivity index (χ4n) is 1.73. The van der Waals surface area contributed by atoms with Gasteiger partial charge in [0.1, 0.15) is 11.5 Å². The highest BCUT2D eigenvalue weighted by molar-refractivity contribution is 5.50. The van der Waals surface area contributed by atoms with Crippen LogP contribution in [0.2, 0.25) is 0 Å². The van der Waals surface area contributed by atoms with Crippen LogP contribution in [0.25, 0.3) is 0 Å². The fourth-order valence-corrected chi connectivity index (χ4v) is 1.73. The van der Waals surface area contributed by atoms with Crippen molar-refractivity contribution in [1.82, 2.24) is 0 Å². The number of nitrogens with two attached hydrogens (primary N) is 1. The predicted octanol–water partition coefficient (Wildman–Crippen LogP) is 2.46. The molecule has 3 heteroatoms. The first-order chi connectivity index (χ1) is 7.43. The maximum atomic E-state index is 5.73. The summed E-state index contributed by atoms with van der Waals surface area (Å²) in [6, 6.07) is 3.94. The molecule has 0 radical (unpaired) electrons. The van der Waals surface area contributed by atoms with E-state index in [2.05, 4.69) is 20.8 Å². The lowest BCUT2D eigenvalue weighted by atomic mass is 9.85. The maximum Gasteiger partial charge on any atom is 0.127 e. The van der Waals surface area contributed by atoms with E-state index in [-0.39, 0.29) is 5.41 Å². The summed E-state index contributed by atoms with van der Waals surface area (Å²) in [7, 11) is 3.34. The lowest BCUT2D eigenvalue weighted by Gasteiger charge is -2.24. The Labute approximate surface area is 97.6 Å². The Hall–Kier alpha value is -1.22. The first kappa shape index (κ1) is 12.8. The molecule has 0 atom stereocenters. The second-order valence-corrected chi connectivity index (χ2v) is 4.82. The first-order valence-electron chi connectivity index (χ1n) is 5.39. The minimum atomic E-state index is 0.00377. The molecule has 0 aliphatic heterocycles. The van der Waals surface area contributed by atoms with E-state index in [1.807, 2.05) is 12.1 Å². The zero-order valence-electron chi connectivity index (χ0n) is 10.8. The minimum Gasteiger partial charge on any atom is -0.497 e. The van der Waals surface area contributed by atoms with Crippen LogP contribution in [0.5, 0.6) is 11.5 Å². The van der Waals surface area contributed by atoms with Crippen molar-refractivity contribution < 1.29 is 9.47 Å². The van der Waals surface area contributed by atoms with Gasteiger partial charge in [0.15, 0.2) is 0 Å². The molecule has 0 aliphatic rings. The van der Waals surface area contributed by atoms with Crippen molar-refractivity contribution in [3.05, 3.63) is 23.3 Å². The summed E-state index contributed by atoms with van der Waals surface area (Å²) in [4.78, 5) is 0. The molecule has 0 saturated carbocycles. The third-order valence-corrected chi connectivity index (χ3v) is 2.61. The molecule has 0 amide bonds. The van der Waals surface area contributed by atoms with E-state index in [0.29, 0.717) is 6.54 Å². The van der Waals surface area contributed by atoms with Crippen molar-refractivity contribution in [1.29, 1.82) is 0 Å². The Bertz CT molecular complexity index is 367. The molecule has 1 aromatic carbocycles. The van der Waals surface area contributed by atoms with E-state index in [1.165, 1.54) is 0 Å². The van der Waals surface area contributed by atoms with Gasteiger partial charge in [-0.15, -0.1) is 0 Å². The summed E-state index contributed by atoms with van der Waals surface area (Å²) < 4.78 is 10.7. The number of rotatable bonds is 3. The number of hydrogen-bond acceptors (Lipinski definition) is 3. The highest BCUT2D eigenvalue weighted by Crippen LogP contribution is 2.37. The molecule has 0 aromatic heterocycles. The Morgan fingerprint density at radius 3 is 2.12 bits per heavy atom. The summed E-state index contributed by atoms with van der Waals surface area (Å²) >= 11 is 0. The van der Waals surface area contributed by atoms with Crippen LogP contribution < -0.4 is 15.2 Å². The Morgan fingerprint density at radius 1 is 1.12 bits per heavy atom. The molecule has 0 saturated heterocycles. The van der Waals surface area contributed by atoms with Crippen molar-refractivity contribution in [2.24, 2.45) is 5.73 Å². The minimum absolute atomic E-state index is 0.00377. The van der Waals surface area contributed by atoms with Gasteiger partial charge < -0.3 is 15.2 Å². The monoisotopic (exact) mass is 223 g/mol. The van der Waals surface area contributed by atoms with Gasteiger partial charge in [-0.05, 0) is 17.5 Å². The van der Waals surface area contributed by atoms with Crippen LogP contribution in [0.4, 0.5) is 0 Å². The zero-order chi connectivity index (χ0) is 12.3. The van der Waals surface area contributed by atoms with E-state index >= 15 is 0 Å². The molecule has 0 spiro atoms. The zero-order valence-corrected chi connectivity index (χ0v) is 10.8. The van der Waals surface area contributed by atoms with Gasteiger partial charge in [-0.3, -0.25) is 0 Å². The van der Waals surface area contributed by atoms with Crippen LogP contribution in [0, 0.1) is 0 Å². The van der Waals surface area contributed by atoms with E-state index in [1.54, 1.807) is 14.2 Å². The third-order valence-electron chi connectivity index (χ3n) is 2.61. The van der Waals surface area contributed by atoms with Gasteiger partial charge in [0.25, 0.3) is 0 Å². The predicted molar refractivity (Wildman–Crippen MR) is 66.1 cm³/mol. The van der Waals surface area contributed by atoms with Gasteiger partial charge in [-0.1, -0.05) is 20.8 Å². The molecule has 16 heavy (non-hydrogen) atoms. The van der Waals surface area contributed by atoms with Gasteiger partial charge >= 0.3 is 0 Å². The SMILES string of the molecule is COc1cc(CN)c(OC)c(C(C)(C)C)c1. The van der Waals surface area contributed by atoms with Crippen molar-refractivity contribution >= 4 is 0 Å². The topological polar surface area (TPSA) is 44.5 Å². The fraction of sp³-hybridized carbons (Fsp3) is 0.538. The smallest absolute Gasteiger partial charge is 0.127 e. The van der Waals surface area contributed by atoms with Crippen LogP contribution in [0.15, 0.2) is 12.1 Å². The van der Waals surface area contributed by atoms with E-state index in [4.69, 9.17) is 15.2 Å². The van der Waals surface area contributed by atoms with Gasteiger partial charge in [0, 0.05) is 17.7 Å². The molecule has 0 bridgehead atoms. The van der Waals surface area contributed by atoms with Gasteiger partial charge in [-0.25, -0.2) is 0 Å². The first-order valence-corrected chi connectivity index (χ1v) is 5.39. The molecule has 2 N–H and O–H groups in total. The normalized spacial score (nSPS) is 11.4. The summed E-state index contributed by atoms with van der Waals surface area (Å²) in [6.45, 7) is 6.88. The van der Waals surface area contributed by atoms with Crippen molar-refractivity contribution in [3.63, 3.8) is 0 Å². The Balaban J connectivity index is 3.43. The van der Waals surface area contributed by atoms with Crippen molar-refractivity contribution in [2.45, 2.75) is 32.7 Å². The number of hydrogen-bond donors (Lipinski definition) is 1. The van der Waals surface area contributed by atoms with Crippen LogP contribution in [0.1, 0.15) is 31.9 Å². The van der Waals surface area contributed by atoms with Crippen molar-refractivity contribution in [3.8, 4) is 11.5 Å². The highest BCUT2D eigenvalue weighted by Gasteiger charge is 2.22. The number of ether oxygens (including phenoxy) is 2. The molecular weight excluding hydrogens is 202 g/mol. The molecular formula is C13H21NO2. The lowest BCUT2D eigenvalue weighted by Crippen LogP contribution is -2.15. The molecule has 0 unspecified atom stereocenters. The van der Waals surface area contributed by atoms with Gasteiger partial charge in [0.05, 0.1) is 14.2 Å². The summed E-state index contributed by atoms with van der Waals surface area (Å²) in [5, 5.41) is 0. The van der Waals surface area contributed by atoms with E-state index < -0.39 is 0 Å². The van der Waals surface area contributed by atoms with Crippen molar-refractivity contribution in [2.75, 3.05) is 14.2 Å². The van der Waals surface area contributed by atoms with Crippen LogP contribution in [-0.4, -0.2) is 14.2 Å². The lowest BCUT2D eigenvalue weighted by molar-refractivity contribution is 0.383. The Kier molecular flexibility index (Phi) is 3.81. The second-order valence-electron chi connectivity index (χ2n) is 4.82. The Morgan fingerprint density at radius 2 is 1.75 bits per heavy atom. The number of benzene rings is 1. The highest BCUT2D eigenvalue weighted by atomic mass is 16.5.